The Labute approximate surface area is 116 Å². The Morgan fingerprint density at radius 1 is 1.44 bits per heavy atom. The number of nitrogens with one attached hydrogen (secondary N) is 1. The third-order valence-corrected chi connectivity index (χ3v) is 4.23. The maximum Gasteiger partial charge on any atom is 0.147 e. The minimum absolute atomic E-state index is 0.0975. The molecule has 0 aromatic heterocycles. The summed E-state index contributed by atoms with van der Waals surface area (Å²) in [6, 6.07) is 4.35. The summed E-state index contributed by atoms with van der Waals surface area (Å²) in [5.74, 6) is -0.210. The van der Waals surface area contributed by atoms with E-state index in [2.05, 4.69) is 21.2 Å². The molecule has 0 saturated heterocycles. The summed E-state index contributed by atoms with van der Waals surface area (Å²) in [4.78, 5) is 0. The van der Waals surface area contributed by atoms with E-state index in [1.54, 1.807) is 6.07 Å². The van der Waals surface area contributed by atoms with Crippen LogP contribution in [0.25, 0.3) is 0 Å². The summed E-state index contributed by atoms with van der Waals surface area (Å²) in [6.07, 6.45) is 1.69. The lowest BCUT2D eigenvalue weighted by molar-refractivity contribution is 0.526. The van der Waals surface area contributed by atoms with Gasteiger partial charge in [0.25, 0.3) is 0 Å². The van der Waals surface area contributed by atoms with Crippen LogP contribution in [0, 0.1) is 5.82 Å². The molecule has 0 saturated carbocycles. The second-order valence-electron chi connectivity index (χ2n) is 4.19. The van der Waals surface area contributed by atoms with E-state index in [4.69, 9.17) is 0 Å². The van der Waals surface area contributed by atoms with Gasteiger partial charge in [-0.15, -0.1) is 0 Å². The van der Waals surface area contributed by atoms with E-state index >= 15 is 0 Å². The first-order chi connectivity index (χ1) is 8.33. The molecule has 1 atom stereocenters. The summed E-state index contributed by atoms with van der Waals surface area (Å²) in [7, 11) is -3.00. The minimum atomic E-state index is -3.00. The number of hydrogen-bond acceptors (Lipinski definition) is 3. The van der Waals surface area contributed by atoms with E-state index in [0.717, 1.165) is 12.1 Å². The van der Waals surface area contributed by atoms with Crippen molar-refractivity contribution in [3.63, 3.8) is 0 Å². The van der Waals surface area contributed by atoms with Crippen LogP contribution in [0.4, 0.5) is 4.39 Å². The van der Waals surface area contributed by atoms with Gasteiger partial charge >= 0.3 is 0 Å². The smallest absolute Gasteiger partial charge is 0.147 e. The fourth-order valence-corrected chi connectivity index (χ4v) is 3.02. The van der Waals surface area contributed by atoms with Gasteiger partial charge in [-0.25, -0.2) is 12.8 Å². The van der Waals surface area contributed by atoms with Gasteiger partial charge in [0, 0.05) is 16.8 Å². The average Bonchev–Trinajstić information content (AvgIpc) is 2.24. The molecule has 0 radical (unpaired) electrons. The molecule has 6 heteroatoms. The molecule has 102 valence electrons. The summed E-state index contributed by atoms with van der Waals surface area (Å²) in [5.41, 5.74) is 0.877. The molecule has 0 bridgehead atoms. The predicted molar refractivity (Wildman–Crippen MR) is 74.8 cm³/mol. The molecular weight excluding hydrogens is 321 g/mol. The lowest BCUT2D eigenvalue weighted by Crippen LogP contribution is -2.23. The summed E-state index contributed by atoms with van der Waals surface area (Å²) >= 11 is 3.31. The maximum absolute atomic E-state index is 13.0. The second-order valence-corrected chi connectivity index (χ2v) is 7.31. The highest BCUT2D eigenvalue weighted by atomic mass is 79.9. The van der Waals surface area contributed by atoms with Crippen LogP contribution in [0.2, 0.25) is 0 Å². The number of halogens is 2. The Hall–Kier alpha value is -0.460. The molecule has 18 heavy (non-hydrogen) atoms. The molecule has 1 rings (SSSR count). The van der Waals surface area contributed by atoms with Crippen molar-refractivity contribution in [2.75, 3.05) is 18.6 Å². The summed E-state index contributed by atoms with van der Waals surface area (Å²) < 4.78 is 36.1. The molecule has 1 N–H and O–H groups in total. The van der Waals surface area contributed by atoms with Crippen LogP contribution < -0.4 is 5.32 Å². The molecule has 0 fully saturated rings. The zero-order valence-electron chi connectivity index (χ0n) is 10.4. The van der Waals surface area contributed by atoms with Crippen molar-refractivity contribution in [2.45, 2.75) is 19.4 Å². The zero-order chi connectivity index (χ0) is 13.8. The van der Waals surface area contributed by atoms with Gasteiger partial charge in [0.05, 0.1) is 5.75 Å². The Morgan fingerprint density at radius 2 is 2.11 bits per heavy atom. The van der Waals surface area contributed by atoms with Crippen LogP contribution >= 0.6 is 15.9 Å². The molecule has 0 amide bonds. The van der Waals surface area contributed by atoms with Crippen molar-refractivity contribution in [1.82, 2.24) is 5.32 Å². The van der Waals surface area contributed by atoms with E-state index in [1.165, 1.54) is 18.4 Å². The second kappa shape index (κ2) is 6.63. The maximum atomic E-state index is 13.0. The largest absolute Gasteiger partial charge is 0.310 e. The highest BCUT2D eigenvalue weighted by Gasteiger charge is 2.16. The quantitative estimate of drug-likeness (QED) is 0.867. The predicted octanol–water partition coefficient (Wildman–Crippen LogP) is 2.67. The minimum Gasteiger partial charge on any atom is -0.310 e. The van der Waals surface area contributed by atoms with Crippen molar-refractivity contribution in [3.05, 3.63) is 34.1 Å². The molecule has 0 aliphatic heterocycles. The van der Waals surface area contributed by atoms with Crippen LogP contribution in [0.15, 0.2) is 22.7 Å². The molecule has 0 spiro atoms. The van der Waals surface area contributed by atoms with E-state index in [-0.39, 0.29) is 17.6 Å². The van der Waals surface area contributed by atoms with Crippen molar-refractivity contribution >= 4 is 25.8 Å². The van der Waals surface area contributed by atoms with Gasteiger partial charge in [-0.2, -0.15) is 0 Å². The first-order valence-corrected chi connectivity index (χ1v) is 8.55. The zero-order valence-corrected chi connectivity index (χ0v) is 12.8. The van der Waals surface area contributed by atoms with Gasteiger partial charge in [-0.1, -0.05) is 28.9 Å². The van der Waals surface area contributed by atoms with Crippen molar-refractivity contribution < 1.29 is 12.8 Å². The molecule has 0 heterocycles. The Bertz CT molecular complexity index is 505. The van der Waals surface area contributed by atoms with E-state index < -0.39 is 9.84 Å². The van der Waals surface area contributed by atoms with Gasteiger partial charge in [0.15, 0.2) is 0 Å². The third kappa shape index (κ3) is 5.04. The Balaban J connectivity index is 2.90. The number of hydrogen-bond donors (Lipinski definition) is 1. The summed E-state index contributed by atoms with van der Waals surface area (Å²) in [6.45, 7) is 2.67. The fraction of sp³-hybridized carbons (Fsp3) is 0.500. The SMILES string of the molecule is CCNC(CCS(C)(=O)=O)c1ccc(F)cc1Br. The van der Waals surface area contributed by atoms with E-state index in [1.807, 2.05) is 6.92 Å². The molecule has 0 aliphatic rings. The molecule has 3 nitrogen and oxygen atoms in total. The number of rotatable bonds is 6. The van der Waals surface area contributed by atoms with Gasteiger partial charge in [0.1, 0.15) is 15.7 Å². The Kier molecular flexibility index (Phi) is 5.75. The average molecular weight is 338 g/mol. The van der Waals surface area contributed by atoms with Crippen molar-refractivity contribution in [2.24, 2.45) is 0 Å². The lowest BCUT2D eigenvalue weighted by atomic mass is 10.0. The topological polar surface area (TPSA) is 46.2 Å². The van der Waals surface area contributed by atoms with Gasteiger partial charge in [-0.3, -0.25) is 0 Å². The highest BCUT2D eigenvalue weighted by molar-refractivity contribution is 9.10. The number of benzene rings is 1. The van der Waals surface area contributed by atoms with Crippen LogP contribution in [-0.2, 0) is 9.84 Å². The first kappa shape index (κ1) is 15.6. The monoisotopic (exact) mass is 337 g/mol. The van der Waals surface area contributed by atoms with Crippen LogP contribution in [0.1, 0.15) is 24.9 Å². The van der Waals surface area contributed by atoms with Crippen LogP contribution in [0.3, 0.4) is 0 Å². The molecule has 1 aromatic rings. The van der Waals surface area contributed by atoms with Crippen molar-refractivity contribution in [1.29, 1.82) is 0 Å². The first-order valence-electron chi connectivity index (χ1n) is 5.69. The van der Waals surface area contributed by atoms with Gasteiger partial charge in [-0.05, 0) is 30.7 Å². The van der Waals surface area contributed by atoms with Crippen LogP contribution in [0.5, 0.6) is 0 Å². The van der Waals surface area contributed by atoms with Gasteiger partial charge < -0.3 is 5.32 Å². The third-order valence-electron chi connectivity index (χ3n) is 2.57. The number of sulfone groups is 1. The summed E-state index contributed by atoms with van der Waals surface area (Å²) in [5, 5.41) is 3.21. The molecular formula is C12H17BrFNO2S. The molecule has 1 unspecified atom stereocenters. The standard InChI is InChI=1S/C12H17BrFNO2S/c1-3-15-12(6-7-18(2,16)17)10-5-4-9(14)8-11(10)13/h4-5,8,12,15H,3,6-7H2,1-2H3. The van der Waals surface area contributed by atoms with Crippen molar-refractivity contribution in [3.8, 4) is 0 Å². The van der Waals surface area contributed by atoms with Crippen LogP contribution in [-0.4, -0.2) is 27.0 Å². The highest BCUT2D eigenvalue weighted by Crippen LogP contribution is 2.26. The lowest BCUT2D eigenvalue weighted by Gasteiger charge is -2.19. The normalized spacial score (nSPS) is 13.6. The van der Waals surface area contributed by atoms with E-state index in [0.29, 0.717) is 10.9 Å². The van der Waals surface area contributed by atoms with Gasteiger partial charge in [0.2, 0.25) is 0 Å². The Morgan fingerprint density at radius 3 is 2.61 bits per heavy atom. The molecule has 1 aromatic carbocycles. The fourth-order valence-electron chi connectivity index (χ4n) is 1.73. The molecule has 0 aliphatic carbocycles. The van der Waals surface area contributed by atoms with E-state index in [9.17, 15) is 12.8 Å².